The molecule has 0 aromatic rings. The van der Waals surface area contributed by atoms with Crippen LogP contribution in [0.25, 0.3) is 0 Å². The third kappa shape index (κ3) is 4.82. The van der Waals surface area contributed by atoms with Crippen molar-refractivity contribution >= 4 is 31.7 Å². The van der Waals surface area contributed by atoms with E-state index in [2.05, 4.69) is 26.7 Å². The van der Waals surface area contributed by atoms with Crippen LogP contribution in [0.15, 0.2) is 9.98 Å². The zero-order chi connectivity index (χ0) is 23.4. The van der Waals surface area contributed by atoms with Gasteiger partial charge in [0.1, 0.15) is 5.84 Å². The van der Waals surface area contributed by atoms with Gasteiger partial charge in [0.2, 0.25) is 20.0 Å². The summed E-state index contributed by atoms with van der Waals surface area (Å²) < 4.78 is 54.5. The van der Waals surface area contributed by atoms with Crippen molar-refractivity contribution < 1.29 is 16.8 Å². The predicted octanol–water partition coefficient (Wildman–Crippen LogP) is 1.66. The minimum absolute atomic E-state index is 0.0199. The van der Waals surface area contributed by atoms with E-state index in [0.717, 1.165) is 24.5 Å². The molecule has 3 aliphatic carbocycles. The summed E-state index contributed by atoms with van der Waals surface area (Å²) >= 11 is 0. The van der Waals surface area contributed by atoms with E-state index >= 15 is 0 Å². The summed E-state index contributed by atoms with van der Waals surface area (Å²) in [6.45, 7) is 4.16. The van der Waals surface area contributed by atoms with Crippen molar-refractivity contribution in [1.82, 2.24) is 14.8 Å². The van der Waals surface area contributed by atoms with E-state index in [1.54, 1.807) is 0 Å². The van der Waals surface area contributed by atoms with Crippen molar-refractivity contribution in [3.8, 4) is 0 Å². The van der Waals surface area contributed by atoms with E-state index in [4.69, 9.17) is 4.99 Å². The Labute approximate surface area is 197 Å². The summed E-state index contributed by atoms with van der Waals surface area (Å²) in [6, 6.07) is 0.151. The van der Waals surface area contributed by atoms with Gasteiger partial charge < -0.3 is 10.6 Å². The highest BCUT2D eigenvalue weighted by atomic mass is 32.3. The summed E-state index contributed by atoms with van der Waals surface area (Å²) in [5.74, 6) is 3.02. The Morgan fingerprint density at radius 3 is 2.03 bits per heavy atom. The minimum atomic E-state index is -3.99. The van der Waals surface area contributed by atoms with Crippen LogP contribution in [-0.2, 0) is 20.0 Å². The van der Waals surface area contributed by atoms with Crippen molar-refractivity contribution in [1.29, 1.82) is 0 Å². The first-order chi connectivity index (χ1) is 15.6. The molecule has 8 unspecified atom stereocenters. The maximum atomic E-state index is 13.1. The molecule has 0 aromatic heterocycles. The molecule has 0 amide bonds. The molecular weight excluding hydrogens is 462 g/mol. The molecule has 3 N–H and O–H groups in total. The number of nitrogens with one attached hydrogen (secondary N) is 3. The predicted molar refractivity (Wildman–Crippen MR) is 129 cm³/mol. The molecule has 33 heavy (non-hydrogen) atoms. The van der Waals surface area contributed by atoms with E-state index < -0.39 is 30.5 Å². The average Bonchev–Trinajstić information content (AvgIpc) is 3.34. The fourth-order valence-corrected chi connectivity index (χ4v) is 10.8. The summed E-state index contributed by atoms with van der Waals surface area (Å²) in [5, 5.41) is 5.33. The van der Waals surface area contributed by atoms with Crippen LogP contribution >= 0.6 is 0 Å². The van der Waals surface area contributed by atoms with E-state index in [-0.39, 0.29) is 24.2 Å². The molecule has 186 valence electrons. The van der Waals surface area contributed by atoms with E-state index in [9.17, 15) is 16.8 Å². The highest BCUT2D eigenvalue weighted by Gasteiger charge is 2.45. The number of sulfonamides is 2. The minimum Gasteiger partial charge on any atom is -0.369 e. The summed E-state index contributed by atoms with van der Waals surface area (Å²) in [4.78, 5) is 9.43. The summed E-state index contributed by atoms with van der Waals surface area (Å²) in [6.07, 6.45) is 7.72. The zero-order valence-corrected chi connectivity index (χ0v) is 21.2. The number of amidine groups is 2. The van der Waals surface area contributed by atoms with Crippen LogP contribution in [0.5, 0.6) is 0 Å². The summed E-state index contributed by atoms with van der Waals surface area (Å²) in [5.41, 5.74) is 0. The fourth-order valence-electron chi connectivity index (χ4n) is 6.58. The number of fused-ring (bicyclic) bond motifs is 2. The molecule has 0 spiro atoms. The normalized spacial score (nSPS) is 41.3. The molecular formula is C22H37N5O4S2. The largest absolute Gasteiger partial charge is 0.369 e. The number of nitrogens with zero attached hydrogens (tertiary/aromatic N) is 2. The molecule has 8 atom stereocenters. The fraction of sp³-hybridized carbons (Fsp3) is 0.909. The van der Waals surface area contributed by atoms with Crippen LogP contribution in [0.2, 0.25) is 0 Å². The van der Waals surface area contributed by atoms with Crippen molar-refractivity contribution in [2.75, 3.05) is 0 Å². The number of aliphatic imine (C=N–C) groups is 2. The number of rotatable bonds is 5. The van der Waals surface area contributed by atoms with Gasteiger partial charge in [0.25, 0.3) is 0 Å². The van der Waals surface area contributed by atoms with Gasteiger partial charge in [-0.3, -0.25) is 9.98 Å². The molecule has 2 heterocycles. The van der Waals surface area contributed by atoms with Gasteiger partial charge >= 0.3 is 0 Å². The highest BCUT2D eigenvalue weighted by molar-refractivity contribution is 8.05. The molecule has 0 aromatic carbocycles. The van der Waals surface area contributed by atoms with Crippen molar-refractivity contribution in [2.45, 2.75) is 113 Å². The Balaban J connectivity index is 1.20. The molecule has 5 rings (SSSR count). The van der Waals surface area contributed by atoms with Crippen LogP contribution in [0.1, 0.15) is 78.1 Å². The second-order valence-electron chi connectivity index (χ2n) is 10.9. The monoisotopic (exact) mass is 499 g/mol. The molecule has 11 heteroatoms. The molecule has 3 saturated carbocycles. The maximum Gasteiger partial charge on any atom is 0.227 e. The lowest BCUT2D eigenvalue weighted by atomic mass is 9.82. The van der Waals surface area contributed by atoms with Crippen molar-refractivity contribution in [2.24, 2.45) is 21.8 Å². The zero-order valence-electron chi connectivity index (χ0n) is 19.5. The van der Waals surface area contributed by atoms with Crippen LogP contribution in [0, 0.1) is 11.8 Å². The Morgan fingerprint density at radius 2 is 1.39 bits per heavy atom. The topological polar surface area (TPSA) is 129 Å². The number of hydrogen-bond donors (Lipinski definition) is 3. The van der Waals surface area contributed by atoms with Crippen molar-refractivity contribution in [3.05, 3.63) is 0 Å². The van der Waals surface area contributed by atoms with Gasteiger partial charge in [-0.05, 0) is 64.2 Å². The lowest BCUT2D eigenvalue weighted by Crippen LogP contribution is -2.51. The Kier molecular flexibility index (Phi) is 6.27. The highest BCUT2D eigenvalue weighted by Crippen LogP contribution is 2.35. The molecule has 0 radical (unpaired) electrons. The van der Waals surface area contributed by atoms with Crippen LogP contribution < -0.4 is 14.8 Å². The smallest absolute Gasteiger partial charge is 0.227 e. The molecule has 0 bridgehead atoms. The van der Waals surface area contributed by atoms with Gasteiger partial charge in [-0.1, -0.05) is 19.8 Å². The van der Waals surface area contributed by atoms with Crippen LogP contribution in [0.3, 0.4) is 0 Å². The third-order valence-electron chi connectivity index (χ3n) is 8.36. The van der Waals surface area contributed by atoms with E-state index in [0.29, 0.717) is 50.4 Å². The Bertz CT molecular complexity index is 1040. The van der Waals surface area contributed by atoms with Crippen LogP contribution in [-0.4, -0.2) is 63.2 Å². The molecule has 0 saturated heterocycles. The second kappa shape index (κ2) is 8.78. The lowest BCUT2D eigenvalue weighted by Gasteiger charge is -2.33. The average molecular weight is 500 g/mol. The number of hydrogen-bond acceptors (Lipinski definition) is 8. The second-order valence-corrected chi connectivity index (χ2v) is 15.1. The third-order valence-corrected chi connectivity index (χ3v) is 12.8. The quantitative estimate of drug-likeness (QED) is 0.528. The standard InChI is InChI=1S/C22H37N5O4S2/c1-13-4-3-5-15(10-13)22-25-19-9-7-17(12-21(19)26-22)33(30,31)27-32(28,29)16-6-8-18-20(11-16)24-14(2)23-18/h13,15-21,27H,3-12H2,1-2H3,(H,23,24)(H,25,26). The SMILES string of the molecule is CC1=NC2CCC(S(=O)(=O)NS(=O)(=O)C3CCC4N=C(C5CCCC(C)C5)NC4C3)CC2N1. The van der Waals surface area contributed by atoms with Crippen LogP contribution in [0.4, 0.5) is 0 Å². The first kappa shape index (κ1) is 23.5. The molecule has 3 fully saturated rings. The Morgan fingerprint density at radius 1 is 0.788 bits per heavy atom. The Hall–Kier alpha value is -1.20. The van der Waals surface area contributed by atoms with Gasteiger partial charge in [0, 0.05) is 5.92 Å². The maximum absolute atomic E-state index is 13.1. The van der Waals surface area contributed by atoms with Gasteiger partial charge in [0.15, 0.2) is 0 Å². The molecule has 2 aliphatic heterocycles. The van der Waals surface area contributed by atoms with Crippen molar-refractivity contribution in [3.63, 3.8) is 0 Å². The van der Waals surface area contributed by atoms with Gasteiger partial charge in [-0.25, -0.2) is 16.8 Å². The lowest BCUT2D eigenvalue weighted by molar-refractivity contribution is 0.334. The summed E-state index contributed by atoms with van der Waals surface area (Å²) in [7, 11) is -7.97. The first-order valence-corrected chi connectivity index (χ1v) is 15.6. The van der Waals surface area contributed by atoms with E-state index in [1.165, 1.54) is 12.8 Å². The first-order valence-electron chi connectivity index (χ1n) is 12.5. The van der Waals surface area contributed by atoms with Gasteiger partial charge in [-0.2, -0.15) is 0 Å². The van der Waals surface area contributed by atoms with E-state index in [1.807, 2.05) is 6.92 Å². The molecule has 5 aliphatic rings. The molecule has 9 nitrogen and oxygen atoms in total. The van der Waals surface area contributed by atoms with Gasteiger partial charge in [0.05, 0.1) is 40.5 Å². The van der Waals surface area contributed by atoms with Gasteiger partial charge in [-0.15, -0.1) is 4.13 Å².